The highest BCUT2D eigenvalue weighted by molar-refractivity contribution is 6.75. The van der Waals surface area contributed by atoms with Crippen molar-refractivity contribution in [3.8, 4) is 0 Å². The molecule has 0 aromatic carbocycles. The molecule has 0 unspecified atom stereocenters. The van der Waals surface area contributed by atoms with Crippen LogP contribution in [0, 0.1) is 0 Å². The smallest absolute Gasteiger partial charge is 0.335 e. The van der Waals surface area contributed by atoms with Crippen LogP contribution >= 0.6 is 0 Å². The first-order valence-corrected chi connectivity index (χ1v) is 37.7. The Bertz CT molecular complexity index is 1970. The number of nitrogens with zero attached hydrogens (tertiary/aromatic N) is 3. The topological polar surface area (TPSA) is 230 Å². The Kier molecular flexibility index (Phi) is 24.3. The van der Waals surface area contributed by atoms with E-state index in [2.05, 4.69) is 153 Å². The molecule has 3 N–H and O–H groups in total. The summed E-state index contributed by atoms with van der Waals surface area (Å²) in [7, 11) is -7.64. The van der Waals surface area contributed by atoms with Crippen molar-refractivity contribution in [1.29, 1.82) is 0 Å². The first-order chi connectivity index (χ1) is 33.2. The van der Waals surface area contributed by atoms with E-state index in [1.165, 1.54) is 12.2 Å². The zero-order valence-corrected chi connectivity index (χ0v) is 53.5. The van der Waals surface area contributed by atoms with Crippen LogP contribution in [0.25, 0.3) is 0 Å². The number of rotatable bonds is 22. The Morgan fingerprint density at radius 1 is 0.514 bits per heavy atom. The second-order valence-corrected chi connectivity index (χ2v) is 45.2. The summed E-state index contributed by atoms with van der Waals surface area (Å²) >= 11 is 0. The van der Waals surface area contributed by atoms with Crippen LogP contribution in [-0.4, -0.2) is 146 Å². The Balaban J connectivity index is 0.000000582. The standard InChI is InChI=1S/C24H46N2O5Si2.C17H41NO2Si2.C11H10N2O6/c1-12-24(17-30-32(8,9)22(2,3)4,18-31-33(10,11)23(5,6)7)25-19(27)15-16-26-20(28)13-14-21(26)29;1-12-17(18,13-19-21(8,9)15(2,3)4)14-20-22(10,11)16(5,6)7;14-7-1-2-8(15)12(7)6-5-11(18)19-13-9(16)3-4-10(13)17/h13-14H,12,15-18H2,1-11H3,(H,25,27);12-14,18H2,1-11H3;1-2H,3-6H2. The number of hydroxylamine groups is 2. The molecule has 1 saturated heterocycles. The van der Waals surface area contributed by atoms with Crippen molar-refractivity contribution >= 4 is 80.6 Å². The number of imide groups is 3. The van der Waals surface area contributed by atoms with Crippen LogP contribution in [0.15, 0.2) is 24.3 Å². The highest BCUT2D eigenvalue weighted by Crippen LogP contribution is 2.41. The predicted octanol–water partition coefficient (Wildman–Crippen LogP) is 8.66. The Hall–Kier alpha value is -3.49. The molecule has 1 fully saturated rings. The van der Waals surface area contributed by atoms with Crippen LogP contribution in [-0.2, 0) is 60.9 Å². The van der Waals surface area contributed by atoms with Crippen LogP contribution < -0.4 is 11.1 Å². The molecular formula is C52H97N5O13Si4. The monoisotopic (exact) mass is 1110 g/mol. The molecule has 0 aliphatic carbocycles. The van der Waals surface area contributed by atoms with Gasteiger partial charge in [-0.25, -0.2) is 4.79 Å². The van der Waals surface area contributed by atoms with E-state index >= 15 is 0 Å². The van der Waals surface area contributed by atoms with Crippen LogP contribution in [0.3, 0.4) is 0 Å². The van der Waals surface area contributed by atoms with Gasteiger partial charge in [-0.05, 0) is 85.4 Å². The number of nitrogens with one attached hydrogen (secondary N) is 1. The highest BCUT2D eigenvalue weighted by Gasteiger charge is 2.45. The van der Waals surface area contributed by atoms with Crippen molar-refractivity contribution in [3.05, 3.63) is 24.3 Å². The van der Waals surface area contributed by atoms with E-state index in [0.29, 0.717) is 37.9 Å². The summed E-state index contributed by atoms with van der Waals surface area (Å²) in [6, 6.07) is 0. The van der Waals surface area contributed by atoms with Gasteiger partial charge in [0.15, 0.2) is 33.3 Å². The first-order valence-electron chi connectivity index (χ1n) is 26.0. The van der Waals surface area contributed by atoms with E-state index in [0.717, 1.165) is 28.4 Å². The zero-order valence-electron chi connectivity index (χ0n) is 49.5. The Labute approximate surface area is 448 Å². The van der Waals surface area contributed by atoms with Crippen molar-refractivity contribution in [2.24, 2.45) is 5.73 Å². The highest BCUT2D eigenvalue weighted by atomic mass is 28.4. The average Bonchev–Trinajstić information content (AvgIpc) is 3.89. The lowest BCUT2D eigenvalue weighted by Crippen LogP contribution is -2.59. The van der Waals surface area contributed by atoms with Gasteiger partial charge in [0.1, 0.15) is 0 Å². The lowest BCUT2D eigenvalue weighted by atomic mass is 9.98. The minimum atomic E-state index is -2.05. The molecule has 0 bridgehead atoms. The fourth-order valence-electron chi connectivity index (χ4n) is 5.69. The van der Waals surface area contributed by atoms with Gasteiger partial charge in [0, 0.05) is 56.7 Å². The van der Waals surface area contributed by atoms with Gasteiger partial charge in [-0.1, -0.05) is 96.9 Å². The largest absolute Gasteiger partial charge is 0.415 e. The number of hydrogen-bond donors (Lipinski definition) is 2. The number of amides is 7. The molecule has 0 saturated carbocycles. The second-order valence-electron chi connectivity index (χ2n) is 26.0. The molecule has 3 rings (SSSR count). The van der Waals surface area contributed by atoms with Crippen LogP contribution in [0.5, 0.6) is 0 Å². The third-order valence-electron chi connectivity index (χ3n) is 16.0. The first kappa shape index (κ1) is 68.5. The van der Waals surface area contributed by atoms with Gasteiger partial charge < -0.3 is 33.6 Å². The van der Waals surface area contributed by atoms with Gasteiger partial charge >= 0.3 is 5.97 Å². The molecule has 0 spiro atoms. The fraction of sp³-hybridized carbons (Fsp3) is 0.769. The molecule has 3 aliphatic heterocycles. The van der Waals surface area contributed by atoms with E-state index in [1.807, 2.05) is 6.92 Å². The number of carbonyl (C=O) groups excluding carboxylic acids is 8. The molecule has 3 heterocycles. The van der Waals surface area contributed by atoms with E-state index < -0.39 is 68.4 Å². The van der Waals surface area contributed by atoms with E-state index in [9.17, 15) is 38.4 Å². The number of carbonyl (C=O) groups is 8. The summed E-state index contributed by atoms with van der Waals surface area (Å²) in [5.74, 6) is -3.99. The van der Waals surface area contributed by atoms with Crippen molar-refractivity contribution in [2.75, 3.05) is 39.5 Å². The number of nitrogens with two attached hydrogens (primary N) is 1. The third-order valence-corrected chi connectivity index (χ3v) is 33.9. The van der Waals surface area contributed by atoms with Crippen LogP contribution in [0.1, 0.15) is 135 Å². The maximum Gasteiger partial charge on any atom is 0.335 e. The fourth-order valence-corrected chi connectivity index (χ4v) is 9.99. The summed E-state index contributed by atoms with van der Waals surface area (Å²) in [6.07, 6.45) is 5.96. The maximum atomic E-state index is 13.0. The summed E-state index contributed by atoms with van der Waals surface area (Å²) < 4.78 is 25.8. The molecule has 0 aromatic rings. The molecule has 74 heavy (non-hydrogen) atoms. The molecule has 424 valence electrons. The molecule has 0 radical (unpaired) electrons. The van der Waals surface area contributed by atoms with E-state index in [4.69, 9.17) is 23.4 Å². The maximum absolute atomic E-state index is 13.0. The normalized spacial score (nSPS) is 16.5. The molecule has 3 aliphatic rings. The minimum absolute atomic E-state index is 0.0130. The van der Waals surface area contributed by atoms with Crippen molar-refractivity contribution in [1.82, 2.24) is 20.2 Å². The summed E-state index contributed by atoms with van der Waals surface area (Å²) in [4.78, 5) is 99.3. The SMILES string of the molecule is CCC(CO[Si](C)(C)C(C)(C)C)(CO[Si](C)(C)C(C)(C)C)NC(=O)CCN1C(=O)C=CC1=O.CCC(N)(CO[Si](C)(C)C(C)(C)C)CO[Si](C)(C)C(C)(C)C.O=C(CCN1C(=O)C=CC1=O)ON1C(=O)CCC1=O. The minimum Gasteiger partial charge on any atom is -0.415 e. The molecule has 7 amide bonds. The predicted molar refractivity (Wildman–Crippen MR) is 299 cm³/mol. The van der Waals surface area contributed by atoms with Gasteiger partial charge in [-0.3, -0.25) is 43.4 Å². The van der Waals surface area contributed by atoms with E-state index in [1.54, 1.807) is 0 Å². The zero-order chi connectivity index (χ0) is 57.9. The summed E-state index contributed by atoms with van der Waals surface area (Å²) in [5, 5.41) is 4.10. The lowest BCUT2D eigenvalue weighted by molar-refractivity contribution is -0.197. The third kappa shape index (κ3) is 20.1. The lowest BCUT2D eigenvalue weighted by Gasteiger charge is -2.44. The quantitative estimate of drug-likeness (QED) is 0.0764. The van der Waals surface area contributed by atoms with Crippen LogP contribution in [0.2, 0.25) is 72.5 Å². The Morgan fingerprint density at radius 2 is 0.811 bits per heavy atom. The summed E-state index contributed by atoms with van der Waals surface area (Å²) in [5.41, 5.74) is 5.53. The van der Waals surface area contributed by atoms with Gasteiger partial charge in [0.05, 0.1) is 43.9 Å². The van der Waals surface area contributed by atoms with Gasteiger partial charge in [-0.2, -0.15) is 0 Å². The number of hydrogen-bond acceptors (Lipinski definition) is 14. The van der Waals surface area contributed by atoms with Crippen molar-refractivity contribution in [2.45, 2.75) is 219 Å². The van der Waals surface area contributed by atoms with Gasteiger partial charge in [-0.15, -0.1) is 5.06 Å². The van der Waals surface area contributed by atoms with Gasteiger partial charge in [0.25, 0.3) is 35.4 Å². The molecule has 0 aromatic heterocycles. The average molecular weight is 1110 g/mol. The van der Waals surface area contributed by atoms with Gasteiger partial charge in [0.2, 0.25) is 5.91 Å². The van der Waals surface area contributed by atoms with E-state index in [-0.39, 0.29) is 82.2 Å². The van der Waals surface area contributed by atoms with Crippen LogP contribution in [0.4, 0.5) is 0 Å². The molecule has 22 heteroatoms. The second kappa shape index (κ2) is 26.2. The molecule has 18 nitrogen and oxygen atoms in total. The Morgan fingerprint density at radius 3 is 1.09 bits per heavy atom. The summed E-state index contributed by atoms with van der Waals surface area (Å²) in [6.45, 7) is 50.6. The van der Waals surface area contributed by atoms with Crippen molar-refractivity contribution in [3.63, 3.8) is 0 Å². The molecular weight excluding hydrogens is 1010 g/mol. The van der Waals surface area contributed by atoms with Crippen molar-refractivity contribution < 1.29 is 60.9 Å². The molecule has 0 atom stereocenters.